The molecule has 3 unspecified atom stereocenters. The van der Waals surface area contributed by atoms with Crippen LogP contribution in [0.25, 0.3) is 0 Å². The van der Waals surface area contributed by atoms with Crippen LogP contribution in [0.3, 0.4) is 0 Å². The Morgan fingerprint density at radius 3 is 2.69 bits per heavy atom. The van der Waals surface area contributed by atoms with Crippen LogP contribution in [0, 0.1) is 23.2 Å². The van der Waals surface area contributed by atoms with Crippen LogP contribution in [0.5, 0.6) is 0 Å². The number of hydrogen-bond acceptors (Lipinski definition) is 8. The highest BCUT2D eigenvalue weighted by molar-refractivity contribution is 7.99. The van der Waals surface area contributed by atoms with Gasteiger partial charge in [-0.2, -0.15) is 0 Å². The zero-order valence-electron chi connectivity index (χ0n) is 21.4. The molecule has 10 atom stereocenters. The van der Waals surface area contributed by atoms with Crippen LogP contribution in [-0.2, 0) is 14.3 Å². The minimum absolute atomic E-state index is 0.167. The van der Waals surface area contributed by atoms with Crippen LogP contribution in [0.2, 0.25) is 0 Å². The summed E-state index contributed by atoms with van der Waals surface area (Å²) >= 11 is 1.38. The Bertz CT molecular complexity index is 764. The van der Waals surface area contributed by atoms with E-state index in [0.29, 0.717) is 36.5 Å². The summed E-state index contributed by atoms with van der Waals surface area (Å²) in [5, 5.41) is 38.5. The van der Waals surface area contributed by atoms with Gasteiger partial charge in [-0.25, -0.2) is 0 Å². The maximum atomic E-state index is 13.7. The Hall–Kier alpha value is -0.680. The lowest BCUT2D eigenvalue weighted by Crippen LogP contribution is -2.67. The van der Waals surface area contributed by atoms with Crippen LogP contribution in [0.1, 0.15) is 53.4 Å². The lowest BCUT2D eigenvalue weighted by Gasteiger charge is -2.48. The SMILES string of the molecule is CC(C)C[C@@H]1CCO[C@@H]2[C@H](CN[C@@H]2C(=O)N[C@H]2[C@H]3OC(SC/C=C/CC2(C)C)[C@H](O)C(O)C3O)C1. The first-order valence-electron chi connectivity index (χ1n) is 13.2. The molecule has 0 spiro atoms. The first kappa shape index (κ1) is 27.4. The molecule has 5 N–H and O–H groups in total. The predicted octanol–water partition coefficient (Wildman–Crippen LogP) is 1.43. The number of allylic oxidation sites excluding steroid dienone is 1. The smallest absolute Gasteiger partial charge is 0.240 e. The van der Waals surface area contributed by atoms with Crippen molar-refractivity contribution in [3.8, 4) is 0 Å². The van der Waals surface area contributed by atoms with Gasteiger partial charge in [-0.15, -0.1) is 11.8 Å². The molecule has 35 heavy (non-hydrogen) atoms. The molecule has 3 saturated heterocycles. The second-order valence-electron chi connectivity index (χ2n) is 11.9. The molecule has 2 bridgehead atoms. The van der Waals surface area contributed by atoms with Crippen LogP contribution >= 0.6 is 11.8 Å². The molecule has 8 nitrogen and oxygen atoms in total. The number of nitrogens with one attached hydrogen (secondary N) is 2. The Labute approximate surface area is 213 Å². The maximum Gasteiger partial charge on any atom is 0.240 e. The van der Waals surface area contributed by atoms with Crippen molar-refractivity contribution in [3.63, 3.8) is 0 Å². The molecule has 0 aromatic rings. The Kier molecular flexibility index (Phi) is 8.89. The summed E-state index contributed by atoms with van der Waals surface area (Å²) in [5.74, 6) is 2.03. The van der Waals surface area contributed by atoms with Gasteiger partial charge < -0.3 is 35.4 Å². The number of rotatable bonds is 4. The highest BCUT2D eigenvalue weighted by atomic mass is 32.2. The Morgan fingerprint density at radius 1 is 1.17 bits per heavy atom. The second kappa shape index (κ2) is 11.4. The molecule has 4 aliphatic rings. The topological polar surface area (TPSA) is 120 Å². The number of fused-ring (bicyclic) bond motifs is 3. The largest absolute Gasteiger partial charge is 0.388 e. The van der Waals surface area contributed by atoms with Gasteiger partial charge in [0.25, 0.3) is 0 Å². The minimum atomic E-state index is -1.35. The van der Waals surface area contributed by atoms with Gasteiger partial charge in [0.15, 0.2) is 0 Å². The average molecular weight is 513 g/mol. The summed E-state index contributed by atoms with van der Waals surface area (Å²) in [5.41, 5.74) is -1.15. The van der Waals surface area contributed by atoms with Gasteiger partial charge in [0, 0.05) is 18.9 Å². The lowest BCUT2D eigenvalue weighted by molar-refractivity contribution is -0.212. The van der Waals surface area contributed by atoms with Gasteiger partial charge in [-0.1, -0.05) is 39.8 Å². The van der Waals surface area contributed by atoms with Crippen LogP contribution in [-0.4, -0.2) is 88.2 Å². The molecule has 4 rings (SSSR count). The van der Waals surface area contributed by atoms with E-state index in [-0.39, 0.29) is 12.0 Å². The maximum absolute atomic E-state index is 13.7. The van der Waals surface area contributed by atoms with Gasteiger partial charge in [0.1, 0.15) is 35.9 Å². The minimum Gasteiger partial charge on any atom is -0.388 e. The molecule has 1 amide bonds. The molecular weight excluding hydrogens is 468 g/mol. The second-order valence-corrected chi connectivity index (χ2v) is 13.1. The van der Waals surface area contributed by atoms with Gasteiger partial charge in [-0.05, 0) is 48.9 Å². The number of hydrogen-bond donors (Lipinski definition) is 5. The lowest BCUT2D eigenvalue weighted by atomic mass is 9.75. The number of aliphatic hydroxyl groups excluding tert-OH is 3. The van der Waals surface area contributed by atoms with E-state index in [0.717, 1.165) is 19.4 Å². The molecule has 0 aromatic carbocycles. The molecule has 3 fully saturated rings. The van der Waals surface area contributed by atoms with E-state index >= 15 is 0 Å². The summed E-state index contributed by atoms with van der Waals surface area (Å²) in [6, 6.07) is -1.04. The summed E-state index contributed by atoms with van der Waals surface area (Å²) < 4.78 is 12.4. The molecule has 4 aliphatic heterocycles. The summed E-state index contributed by atoms with van der Waals surface area (Å²) in [4.78, 5) is 13.7. The van der Waals surface area contributed by atoms with E-state index in [1.54, 1.807) is 0 Å². The zero-order valence-corrected chi connectivity index (χ0v) is 22.2. The van der Waals surface area contributed by atoms with Crippen LogP contribution in [0.15, 0.2) is 12.2 Å². The van der Waals surface area contributed by atoms with Crippen molar-refractivity contribution in [2.24, 2.45) is 23.2 Å². The van der Waals surface area contributed by atoms with Gasteiger partial charge in [0.05, 0.1) is 12.1 Å². The Morgan fingerprint density at radius 2 is 1.94 bits per heavy atom. The fraction of sp³-hybridized carbons (Fsp3) is 0.885. The van der Waals surface area contributed by atoms with Gasteiger partial charge in [0.2, 0.25) is 5.91 Å². The fourth-order valence-corrected chi connectivity index (χ4v) is 7.26. The third kappa shape index (κ3) is 6.08. The van der Waals surface area contributed by atoms with Crippen molar-refractivity contribution in [1.29, 1.82) is 0 Å². The third-order valence-electron chi connectivity index (χ3n) is 8.19. The Balaban J connectivity index is 1.52. The van der Waals surface area contributed by atoms with Crippen molar-refractivity contribution in [2.45, 2.75) is 101 Å². The quantitative estimate of drug-likeness (QED) is 0.359. The number of carbonyl (C=O) groups is 1. The molecule has 4 heterocycles. The molecule has 9 heteroatoms. The highest BCUT2D eigenvalue weighted by Gasteiger charge is 2.52. The van der Waals surface area contributed by atoms with Crippen LogP contribution < -0.4 is 10.6 Å². The summed E-state index contributed by atoms with van der Waals surface area (Å²) in [6.07, 6.45) is 3.16. The number of thioether (sulfide) groups is 1. The summed E-state index contributed by atoms with van der Waals surface area (Å²) in [7, 11) is 0. The monoisotopic (exact) mass is 512 g/mol. The predicted molar refractivity (Wildman–Crippen MR) is 136 cm³/mol. The van der Waals surface area contributed by atoms with E-state index in [2.05, 4.69) is 30.6 Å². The van der Waals surface area contributed by atoms with E-state index in [1.807, 2.05) is 19.9 Å². The molecule has 0 aromatic heterocycles. The number of aliphatic hydroxyl groups is 3. The van der Waals surface area contributed by atoms with Crippen molar-refractivity contribution < 1.29 is 29.6 Å². The van der Waals surface area contributed by atoms with Crippen LogP contribution in [0.4, 0.5) is 0 Å². The molecular formula is C26H44N2O6S. The molecule has 0 radical (unpaired) electrons. The third-order valence-corrected chi connectivity index (χ3v) is 9.30. The van der Waals surface area contributed by atoms with Crippen molar-refractivity contribution in [3.05, 3.63) is 12.2 Å². The normalized spacial score (nSPS) is 44.8. The van der Waals surface area contributed by atoms with E-state index < -0.39 is 47.4 Å². The van der Waals surface area contributed by atoms with Gasteiger partial charge in [-0.3, -0.25) is 4.79 Å². The van der Waals surface area contributed by atoms with Crippen molar-refractivity contribution in [2.75, 3.05) is 18.9 Å². The van der Waals surface area contributed by atoms with Crippen molar-refractivity contribution in [1.82, 2.24) is 10.6 Å². The standard InChI is InChI=1S/C26H44N2O6S/c1-14(2)11-15-7-9-33-21-16(12-15)13-27-17(21)24(32)28-23-22-19(30)18(29)20(31)25(34-22)35-10-6-5-8-26(23,3)4/h5-6,14-23,25,27,29-31H,7-13H2,1-4H3,(H,28,32)/b6-5+/t15-,16-,17-,18?,19?,20+,21+,22-,23-,25?/m0/s1. The van der Waals surface area contributed by atoms with E-state index in [1.165, 1.54) is 18.2 Å². The van der Waals surface area contributed by atoms with E-state index in [4.69, 9.17) is 9.47 Å². The average Bonchev–Trinajstić information content (AvgIpc) is 3.08. The zero-order chi connectivity index (χ0) is 25.3. The number of carbonyl (C=O) groups excluding carboxylic acids is 1. The number of ether oxygens (including phenoxy) is 2. The first-order chi connectivity index (χ1) is 16.6. The highest BCUT2D eigenvalue weighted by Crippen LogP contribution is 2.39. The summed E-state index contributed by atoms with van der Waals surface area (Å²) in [6.45, 7) is 9.98. The van der Waals surface area contributed by atoms with Gasteiger partial charge >= 0.3 is 0 Å². The number of amides is 1. The molecule has 0 saturated carbocycles. The first-order valence-corrected chi connectivity index (χ1v) is 14.2. The van der Waals surface area contributed by atoms with E-state index in [9.17, 15) is 20.1 Å². The molecule has 200 valence electrons. The molecule has 0 aliphatic carbocycles. The fourth-order valence-electron chi connectivity index (χ4n) is 6.26. The van der Waals surface area contributed by atoms with Crippen molar-refractivity contribution >= 4 is 17.7 Å².